The molecule has 1 amide bonds. The number of carbonyl (C=O) groups excluding carboxylic acids is 2. The number of fused-ring (bicyclic) bond motifs is 5. The summed E-state index contributed by atoms with van der Waals surface area (Å²) in [6.07, 6.45) is 4.54. The molecule has 284 valence electrons. The molecule has 57 heavy (non-hydrogen) atoms. The topological polar surface area (TPSA) is 99.9 Å². The van der Waals surface area contributed by atoms with Crippen LogP contribution in [0.25, 0.3) is 44.1 Å². The average molecular weight is 751 g/mol. The van der Waals surface area contributed by atoms with E-state index in [1.54, 1.807) is 0 Å². The van der Waals surface area contributed by atoms with Crippen LogP contribution in [0.2, 0.25) is 0 Å². The third-order valence-corrected chi connectivity index (χ3v) is 10.9. The van der Waals surface area contributed by atoms with Gasteiger partial charge in [0.25, 0.3) is 0 Å². The Morgan fingerprint density at radius 3 is 2.18 bits per heavy atom. The summed E-state index contributed by atoms with van der Waals surface area (Å²) in [4.78, 5) is 40.1. The second-order valence-corrected chi connectivity index (χ2v) is 14.4. The highest BCUT2D eigenvalue weighted by molar-refractivity contribution is 5.88. The van der Waals surface area contributed by atoms with Gasteiger partial charge < -0.3 is 20.0 Å². The van der Waals surface area contributed by atoms with Gasteiger partial charge in [0.1, 0.15) is 12.4 Å². The zero-order valence-corrected chi connectivity index (χ0v) is 32.2. The lowest BCUT2D eigenvalue weighted by Gasteiger charge is -2.22. The Morgan fingerprint density at radius 2 is 1.40 bits per heavy atom. The van der Waals surface area contributed by atoms with Crippen LogP contribution in [0.3, 0.4) is 0 Å². The van der Waals surface area contributed by atoms with Gasteiger partial charge in [-0.1, -0.05) is 153 Å². The van der Waals surface area contributed by atoms with Crippen LogP contribution in [-0.4, -0.2) is 33.4 Å². The minimum absolute atomic E-state index is 0.0682. The monoisotopic (exact) mass is 750 g/mol. The summed E-state index contributed by atoms with van der Waals surface area (Å²) in [5, 5.41) is 6.64. The quantitative estimate of drug-likeness (QED) is 0.108. The summed E-state index contributed by atoms with van der Waals surface area (Å²) in [7, 11) is 0. The van der Waals surface area contributed by atoms with Crippen molar-refractivity contribution in [3.8, 4) is 22.4 Å². The van der Waals surface area contributed by atoms with Crippen molar-refractivity contribution in [3.05, 3.63) is 186 Å². The second kappa shape index (κ2) is 17.0. The number of nitrogens with zero attached hydrogens (tertiary/aromatic N) is 1. The number of amides is 1. The zero-order chi connectivity index (χ0) is 39.1. The van der Waals surface area contributed by atoms with Crippen molar-refractivity contribution in [1.82, 2.24) is 20.3 Å². The molecular weight excluding hydrogens is 705 g/mol. The van der Waals surface area contributed by atoms with E-state index >= 15 is 0 Å². The van der Waals surface area contributed by atoms with E-state index in [1.165, 1.54) is 11.1 Å². The Bertz CT molecular complexity index is 2600. The number of rotatable bonds is 12. The fourth-order valence-electron chi connectivity index (χ4n) is 8.08. The lowest BCUT2D eigenvalue weighted by Crippen LogP contribution is -2.37. The number of aromatic nitrogens is 3. The molecule has 9 rings (SSSR count). The molecule has 7 nitrogen and oxygen atoms in total. The smallest absolute Gasteiger partial charge is 0.306 e. The molecule has 0 radical (unpaired) electrons. The van der Waals surface area contributed by atoms with E-state index in [1.807, 2.05) is 117 Å². The maximum atomic E-state index is 14.6. The van der Waals surface area contributed by atoms with Gasteiger partial charge in [-0.25, -0.2) is 4.98 Å². The van der Waals surface area contributed by atoms with Crippen molar-refractivity contribution in [1.29, 1.82) is 0 Å². The van der Waals surface area contributed by atoms with Crippen LogP contribution in [-0.2, 0) is 27.2 Å². The molecular formula is C50H46N4O3. The lowest BCUT2D eigenvalue weighted by atomic mass is 9.93. The van der Waals surface area contributed by atoms with Gasteiger partial charge in [0.05, 0.1) is 30.3 Å². The molecule has 0 spiro atoms. The Morgan fingerprint density at radius 1 is 0.737 bits per heavy atom. The van der Waals surface area contributed by atoms with E-state index in [-0.39, 0.29) is 24.9 Å². The number of benzene rings is 6. The van der Waals surface area contributed by atoms with Gasteiger partial charge in [-0.3, -0.25) is 9.59 Å². The van der Waals surface area contributed by atoms with Crippen LogP contribution >= 0.6 is 0 Å². The fraction of sp³-hybridized carbons (Fsp3) is 0.180. The van der Waals surface area contributed by atoms with Crippen LogP contribution in [0, 0.1) is 5.92 Å². The summed E-state index contributed by atoms with van der Waals surface area (Å²) in [5.41, 5.74) is 9.51. The van der Waals surface area contributed by atoms with Gasteiger partial charge >= 0.3 is 5.97 Å². The van der Waals surface area contributed by atoms with Crippen molar-refractivity contribution in [2.45, 2.75) is 45.1 Å². The predicted octanol–water partition coefficient (Wildman–Crippen LogP) is 10.7. The molecule has 0 saturated heterocycles. The molecule has 0 unspecified atom stereocenters. The minimum atomic E-state index is -0.697. The van der Waals surface area contributed by atoms with Crippen LogP contribution < -0.4 is 5.32 Å². The van der Waals surface area contributed by atoms with Crippen LogP contribution in [0.4, 0.5) is 0 Å². The van der Waals surface area contributed by atoms with E-state index in [9.17, 15) is 9.59 Å². The molecule has 0 fully saturated rings. The summed E-state index contributed by atoms with van der Waals surface area (Å²) in [6, 6.07) is 48.7. The van der Waals surface area contributed by atoms with Crippen molar-refractivity contribution >= 4 is 33.6 Å². The van der Waals surface area contributed by atoms with E-state index in [0.717, 1.165) is 55.2 Å². The number of esters is 1. The van der Waals surface area contributed by atoms with E-state index in [2.05, 4.69) is 69.9 Å². The molecule has 2 aromatic heterocycles. The first-order valence-corrected chi connectivity index (χ1v) is 19.8. The van der Waals surface area contributed by atoms with Crippen molar-refractivity contribution in [2.24, 2.45) is 5.92 Å². The summed E-state index contributed by atoms with van der Waals surface area (Å²) >= 11 is 0. The molecule has 0 aliphatic heterocycles. The predicted molar refractivity (Wildman–Crippen MR) is 229 cm³/mol. The van der Waals surface area contributed by atoms with Gasteiger partial charge in [0.15, 0.2) is 0 Å². The highest BCUT2D eigenvalue weighted by Gasteiger charge is 2.31. The third kappa shape index (κ3) is 8.01. The molecule has 1 aliphatic rings. The molecule has 7 heteroatoms. The zero-order valence-electron chi connectivity index (χ0n) is 32.2. The molecule has 2 heterocycles. The van der Waals surface area contributed by atoms with Crippen LogP contribution in [0.15, 0.2) is 158 Å². The maximum Gasteiger partial charge on any atom is 0.306 e. The van der Waals surface area contributed by atoms with Gasteiger partial charge in [-0.2, -0.15) is 0 Å². The number of ether oxygens (including phenoxy) is 1. The number of nitrogens with one attached hydrogen (secondary N) is 3. The largest absolute Gasteiger partial charge is 0.465 e. The number of aromatic amines is 2. The van der Waals surface area contributed by atoms with Crippen molar-refractivity contribution in [2.75, 3.05) is 6.61 Å². The van der Waals surface area contributed by atoms with Gasteiger partial charge in [0.2, 0.25) is 5.91 Å². The van der Waals surface area contributed by atoms with Gasteiger partial charge in [-0.15, -0.1) is 0 Å². The van der Waals surface area contributed by atoms with E-state index in [4.69, 9.17) is 9.72 Å². The number of H-pyrrole nitrogens is 2. The Labute approximate surface area is 333 Å². The molecule has 0 saturated carbocycles. The van der Waals surface area contributed by atoms with Crippen molar-refractivity contribution < 1.29 is 14.3 Å². The highest BCUT2D eigenvalue weighted by atomic mass is 16.5. The summed E-state index contributed by atoms with van der Waals surface area (Å²) < 4.78 is 6.06. The third-order valence-electron chi connectivity index (χ3n) is 10.9. The number of imidazole rings is 1. The van der Waals surface area contributed by atoms with E-state index < -0.39 is 17.9 Å². The summed E-state index contributed by atoms with van der Waals surface area (Å²) in [5.74, 6) is -0.759. The SMILES string of the molecule is CC.O=C(C[C@H](Cc1c[nH]c2ccccc12)C(=O)N[C@H](Cc1ccc2ccccc2c1)c1ncc(-c2ccccc2)[nH]1)OCC1c2ccccc2-c2ccccc21. The molecule has 1 aliphatic carbocycles. The molecule has 6 aromatic carbocycles. The summed E-state index contributed by atoms with van der Waals surface area (Å²) in [6.45, 7) is 4.20. The van der Waals surface area contributed by atoms with Gasteiger partial charge in [-0.05, 0) is 68.6 Å². The Kier molecular flexibility index (Phi) is 11.1. The van der Waals surface area contributed by atoms with Gasteiger partial charge in [0, 0.05) is 23.0 Å². The normalized spacial score (nSPS) is 12.9. The Hall–Kier alpha value is -6.73. The van der Waals surface area contributed by atoms with Crippen LogP contribution in [0.1, 0.15) is 60.3 Å². The average Bonchev–Trinajstić information content (AvgIpc) is 4.00. The first-order chi connectivity index (χ1) is 28.1. The number of hydrogen-bond donors (Lipinski definition) is 3. The lowest BCUT2D eigenvalue weighted by molar-refractivity contribution is -0.147. The number of carbonyl (C=O) groups is 2. The fourth-order valence-corrected chi connectivity index (χ4v) is 8.08. The molecule has 3 N–H and O–H groups in total. The Balaban J connectivity index is 0.00000224. The molecule has 8 aromatic rings. The van der Waals surface area contributed by atoms with Crippen LogP contribution in [0.5, 0.6) is 0 Å². The first-order valence-electron chi connectivity index (χ1n) is 19.8. The molecule has 0 bridgehead atoms. The van der Waals surface area contributed by atoms with E-state index in [0.29, 0.717) is 18.7 Å². The molecule has 2 atom stereocenters. The maximum absolute atomic E-state index is 14.6. The number of para-hydroxylation sites is 1. The standard InChI is InChI=1S/C48H40N4O3.C2H6/c53-46(55-30-42-40-19-8-6-17-38(40)39-18-7-9-20-41(39)42)27-35(26-36-28-49-43-21-11-10-16-37(36)43)48(54)52-44(25-31-22-23-32-12-4-5-15-34(32)24-31)47-50-29-45(51-47)33-13-2-1-3-14-33;1-2/h1-24,28-29,35,42,44,49H,25-27,30H2,(H,50,51)(H,52,54);1-2H3/t35-,44+;/m0./s1. The first kappa shape index (κ1) is 37.2. The second-order valence-electron chi connectivity index (χ2n) is 14.4. The number of hydrogen-bond acceptors (Lipinski definition) is 4. The highest BCUT2D eigenvalue weighted by Crippen LogP contribution is 2.44. The minimum Gasteiger partial charge on any atom is -0.465 e. The van der Waals surface area contributed by atoms with Crippen molar-refractivity contribution in [3.63, 3.8) is 0 Å².